The molecular weight excluding hydrogens is 194 g/mol. The highest BCUT2D eigenvalue weighted by atomic mass is 16.3. The van der Waals surface area contributed by atoms with Crippen LogP contribution in [0, 0.1) is 0 Å². The van der Waals surface area contributed by atoms with Crippen molar-refractivity contribution >= 4 is 0 Å². The van der Waals surface area contributed by atoms with Gasteiger partial charge in [-0.15, -0.1) is 5.10 Å². The lowest BCUT2D eigenvalue weighted by Gasteiger charge is -2.03. The molecule has 0 aliphatic heterocycles. The van der Waals surface area contributed by atoms with Gasteiger partial charge in [0, 0.05) is 12.4 Å². The first-order chi connectivity index (χ1) is 7.38. The normalized spacial score (nSPS) is 10.5. The summed E-state index contributed by atoms with van der Waals surface area (Å²) in [5.41, 5.74) is 3.98. The maximum Gasteiger partial charge on any atom is 0.103 e. The van der Waals surface area contributed by atoms with Crippen LogP contribution in [0.5, 0.6) is 0 Å². The monoisotopic (exact) mass is 207 g/mol. The maximum absolute atomic E-state index is 8.70. The minimum atomic E-state index is 0.0772. The van der Waals surface area contributed by atoms with Gasteiger partial charge >= 0.3 is 0 Å². The molecule has 0 fully saturated rings. The van der Waals surface area contributed by atoms with Crippen LogP contribution in [-0.2, 0) is 13.1 Å². The van der Waals surface area contributed by atoms with E-state index in [0.29, 0.717) is 13.1 Å². The van der Waals surface area contributed by atoms with Crippen LogP contribution in [0.2, 0.25) is 0 Å². The second-order valence-corrected chi connectivity index (χ2v) is 3.12. The van der Waals surface area contributed by atoms with Crippen LogP contribution in [0.1, 0.15) is 5.69 Å². The second-order valence-electron chi connectivity index (χ2n) is 3.12. The third-order valence-corrected chi connectivity index (χ3v) is 1.96. The van der Waals surface area contributed by atoms with Crippen molar-refractivity contribution in [2.75, 3.05) is 12.0 Å². The lowest BCUT2D eigenvalue weighted by atomic mass is 10.5. The molecule has 2 aromatic heterocycles. The Balaban J connectivity index is 1.88. The molecule has 0 bridgehead atoms. The average Bonchev–Trinajstić information content (AvgIpc) is 2.85. The van der Waals surface area contributed by atoms with Gasteiger partial charge in [0.1, 0.15) is 5.69 Å². The third kappa shape index (κ3) is 2.57. The molecule has 80 valence electrons. The van der Waals surface area contributed by atoms with Crippen molar-refractivity contribution in [3.63, 3.8) is 0 Å². The van der Waals surface area contributed by atoms with Gasteiger partial charge in [-0.2, -0.15) is 0 Å². The Kier molecular flexibility index (Phi) is 2.99. The molecule has 2 heterocycles. The molecule has 0 aliphatic rings. The van der Waals surface area contributed by atoms with E-state index in [2.05, 4.69) is 15.7 Å². The molecule has 0 unspecified atom stereocenters. The van der Waals surface area contributed by atoms with Gasteiger partial charge in [-0.25, -0.2) is 4.68 Å². The van der Waals surface area contributed by atoms with Crippen molar-refractivity contribution in [3.8, 4) is 0 Å². The number of aliphatic hydroxyl groups excluding tert-OH is 1. The molecule has 0 amide bonds. The summed E-state index contributed by atoms with van der Waals surface area (Å²) in [6, 6.07) is 3.88. The van der Waals surface area contributed by atoms with E-state index >= 15 is 0 Å². The van der Waals surface area contributed by atoms with Crippen LogP contribution in [0.15, 0.2) is 30.7 Å². The molecule has 0 spiro atoms. The standard InChI is InChI=1S/C9H13N5O/c15-6-5-14-8-9(11-12-14)7-10-13-3-1-2-4-13/h1-4,8,10,15H,5-7H2. The number of aliphatic hydroxyl groups is 1. The molecule has 15 heavy (non-hydrogen) atoms. The minimum Gasteiger partial charge on any atom is -0.394 e. The van der Waals surface area contributed by atoms with Gasteiger partial charge in [0.15, 0.2) is 0 Å². The first-order valence-electron chi connectivity index (χ1n) is 4.75. The Morgan fingerprint density at radius 3 is 2.87 bits per heavy atom. The molecule has 6 nitrogen and oxygen atoms in total. The summed E-state index contributed by atoms with van der Waals surface area (Å²) in [6.07, 6.45) is 5.64. The molecule has 2 N–H and O–H groups in total. The van der Waals surface area contributed by atoms with E-state index in [1.165, 1.54) is 0 Å². The van der Waals surface area contributed by atoms with E-state index in [0.717, 1.165) is 5.69 Å². The van der Waals surface area contributed by atoms with Crippen molar-refractivity contribution in [1.82, 2.24) is 19.7 Å². The number of nitrogens with one attached hydrogen (secondary N) is 1. The number of rotatable bonds is 5. The molecule has 0 saturated carbocycles. The van der Waals surface area contributed by atoms with E-state index in [9.17, 15) is 0 Å². The van der Waals surface area contributed by atoms with Crippen molar-refractivity contribution in [3.05, 3.63) is 36.4 Å². The lowest BCUT2D eigenvalue weighted by molar-refractivity contribution is 0.268. The summed E-state index contributed by atoms with van der Waals surface area (Å²) in [7, 11) is 0. The Morgan fingerprint density at radius 2 is 2.13 bits per heavy atom. The Bertz CT molecular complexity index is 394. The predicted octanol–water partition coefficient (Wildman–Crippen LogP) is -0.184. The quantitative estimate of drug-likeness (QED) is 0.713. The molecule has 2 rings (SSSR count). The molecule has 6 heteroatoms. The fourth-order valence-corrected chi connectivity index (χ4v) is 1.24. The summed E-state index contributed by atoms with van der Waals surface area (Å²) in [5.74, 6) is 0. The number of aromatic nitrogens is 4. The van der Waals surface area contributed by atoms with Gasteiger partial charge < -0.3 is 10.5 Å². The van der Waals surface area contributed by atoms with Gasteiger partial charge in [-0.05, 0) is 12.1 Å². The highest BCUT2D eigenvalue weighted by Gasteiger charge is 1.99. The van der Waals surface area contributed by atoms with Crippen molar-refractivity contribution in [2.45, 2.75) is 13.1 Å². The number of nitrogens with zero attached hydrogens (tertiary/aromatic N) is 4. The Morgan fingerprint density at radius 1 is 1.33 bits per heavy atom. The summed E-state index contributed by atoms with van der Waals surface area (Å²) in [5, 5.41) is 16.5. The maximum atomic E-state index is 8.70. The fourth-order valence-electron chi connectivity index (χ4n) is 1.24. The van der Waals surface area contributed by atoms with E-state index < -0.39 is 0 Å². The van der Waals surface area contributed by atoms with Crippen LogP contribution < -0.4 is 5.43 Å². The van der Waals surface area contributed by atoms with Gasteiger partial charge in [-0.1, -0.05) is 5.21 Å². The average molecular weight is 207 g/mol. The first-order valence-corrected chi connectivity index (χ1v) is 4.75. The zero-order valence-electron chi connectivity index (χ0n) is 8.24. The van der Waals surface area contributed by atoms with Crippen LogP contribution >= 0.6 is 0 Å². The number of hydrogen-bond acceptors (Lipinski definition) is 4. The molecule has 2 aromatic rings. The van der Waals surface area contributed by atoms with Gasteiger partial charge in [0.05, 0.1) is 25.9 Å². The first kappa shape index (κ1) is 9.72. The smallest absolute Gasteiger partial charge is 0.103 e. The second kappa shape index (κ2) is 4.61. The molecule has 0 aromatic carbocycles. The minimum absolute atomic E-state index is 0.0772. The van der Waals surface area contributed by atoms with Crippen LogP contribution in [-0.4, -0.2) is 31.4 Å². The SMILES string of the molecule is OCCn1cc(CNn2cccc2)nn1. The van der Waals surface area contributed by atoms with E-state index in [1.807, 2.05) is 35.4 Å². The third-order valence-electron chi connectivity index (χ3n) is 1.96. The van der Waals surface area contributed by atoms with Crippen LogP contribution in [0.25, 0.3) is 0 Å². The number of hydrogen-bond donors (Lipinski definition) is 2. The van der Waals surface area contributed by atoms with Gasteiger partial charge in [0.2, 0.25) is 0 Å². The highest BCUT2D eigenvalue weighted by molar-refractivity contribution is 4.98. The molecule has 0 aliphatic carbocycles. The molecular formula is C9H13N5O. The Labute approximate surface area is 87.1 Å². The van der Waals surface area contributed by atoms with Gasteiger partial charge in [0.25, 0.3) is 0 Å². The largest absolute Gasteiger partial charge is 0.394 e. The fraction of sp³-hybridized carbons (Fsp3) is 0.333. The summed E-state index contributed by atoms with van der Waals surface area (Å²) in [6.45, 7) is 1.17. The highest BCUT2D eigenvalue weighted by Crippen LogP contribution is 1.94. The summed E-state index contributed by atoms with van der Waals surface area (Å²) >= 11 is 0. The summed E-state index contributed by atoms with van der Waals surface area (Å²) < 4.78 is 3.47. The van der Waals surface area contributed by atoms with Crippen molar-refractivity contribution in [2.24, 2.45) is 0 Å². The van der Waals surface area contributed by atoms with E-state index in [-0.39, 0.29) is 6.61 Å². The molecule has 0 atom stereocenters. The van der Waals surface area contributed by atoms with E-state index in [1.54, 1.807) is 4.68 Å². The lowest BCUT2D eigenvalue weighted by Crippen LogP contribution is -2.11. The van der Waals surface area contributed by atoms with Crippen molar-refractivity contribution in [1.29, 1.82) is 0 Å². The van der Waals surface area contributed by atoms with Crippen LogP contribution in [0.3, 0.4) is 0 Å². The Hall–Kier alpha value is -1.82. The van der Waals surface area contributed by atoms with E-state index in [4.69, 9.17) is 5.11 Å². The molecule has 0 radical (unpaired) electrons. The zero-order valence-corrected chi connectivity index (χ0v) is 8.24. The van der Waals surface area contributed by atoms with Gasteiger partial charge in [-0.3, -0.25) is 4.68 Å². The zero-order chi connectivity index (χ0) is 10.5. The van der Waals surface area contributed by atoms with Crippen molar-refractivity contribution < 1.29 is 5.11 Å². The molecule has 0 saturated heterocycles. The summed E-state index contributed by atoms with van der Waals surface area (Å²) in [4.78, 5) is 0. The van der Waals surface area contributed by atoms with Crippen LogP contribution in [0.4, 0.5) is 0 Å². The predicted molar refractivity (Wildman–Crippen MR) is 54.6 cm³/mol. The topological polar surface area (TPSA) is 67.9 Å².